The first kappa shape index (κ1) is 13.3. The molecule has 2 fully saturated rings. The second-order valence-corrected chi connectivity index (χ2v) is 5.54. The van der Waals surface area contributed by atoms with E-state index in [1.54, 1.807) is 0 Å². The van der Waals surface area contributed by atoms with E-state index in [4.69, 9.17) is 0 Å². The number of rotatable bonds is 8. The van der Waals surface area contributed by atoms with Crippen LogP contribution >= 0.6 is 0 Å². The van der Waals surface area contributed by atoms with Gasteiger partial charge in [0.25, 0.3) is 0 Å². The summed E-state index contributed by atoms with van der Waals surface area (Å²) in [7, 11) is 0. The van der Waals surface area contributed by atoms with Crippen LogP contribution in [0.3, 0.4) is 0 Å². The molecule has 1 saturated carbocycles. The molecule has 100 valence electrons. The maximum atomic E-state index is 3.69. The van der Waals surface area contributed by atoms with Crippen LogP contribution < -0.4 is 5.32 Å². The van der Waals surface area contributed by atoms with Crippen LogP contribution in [0.4, 0.5) is 0 Å². The summed E-state index contributed by atoms with van der Waals surface area (Å²) in [4.78, 5) is 5.23. The Morgan fingerprint density at radius 2 is 1.94 bits per heavy atom. The van der Waals surface area contributed by atoms with E-state index in [-0.39, 0.29) is 0 Å². The van der Waals surface area contributed by atoms with Gasteiger partial charge >= 0.3 is 0 Å². The van der Waals surface area contributed by atoms with E-state index in [1.165, 1.54) is 65.0 Å². The maximum Gasteiger partial charge on any atom is 0.0221 e. The van der Waals surface area contributed by atoms with Crippen molar-refractivity contribution >= 4 is 0 Å². The van der Waals surface area contributed by atoms with Crippen molar-refractivity contribution in [2.45, 2.75) is 51.6 Å². The third kappa shape index (κ3) is 4.23. The zero-order chi connectivity index (χ0) is 12.1. The normalized spacial score (nSPS) is 25.9. The van der Waals surface area contributed by atoms with Gasteiger partial charge < -0.3 is 10.2 Å². The predicted octanol–water partition coefficient (Wildman–Crippen LogP) is 1.54. The van der Waals surface area contributed by atoms with Crippen LogP contribution in [0, 0.1) is 0 Å². The maximum absolute atomic E-state index is 3.69. The molecule has 0 aromatic carbocycles. The average Bonchev–Trinajstić information content (AvgIpc) is 3.08. The van der Waals surface area contributed by atoms with Gasteiger partial charge in [-0.25, -0.2) is 0 Å². The Morgan fingerprint density at radius 3 is 2.59 bits per heavy atom. The minimum atomic E-state index is 0.811. The molecule has 0 aromatic heterocycles. The highest BCUT2D eigenvalue weighted by Crippen LogP contribution is 2.21. The van der Waals surface area contributed by atoms with Crippen molar-refractivity contribution in [3.8, 4) is 0 Å². The van der Waals surface area contributed by atoms with Crippen LogP contribution in [0.1, 0.15) is 39.5 Å². The molecule has 1 atom stereocenters. The summed E-state index contributed by atoms with van der Waals surface area (Å²) in [6, 6.07) is 1.67. The van der Waals surface area contributed by atoms with Crippen LogP contribution in [0.15, 0.2) is 0 Å². The van der Waals surface area contributed by atoms with Crippen LogP contribution in [0.5, 0.6) is 0 Å². The molecule has 0 spiro atoms. The fraction of sp³-hybridized carbons (Fsp3) is 1.00. The SMILES string of the molecule is CCN(CC)CCN1CCCC1CNC1CC1. The van der Waals surface area contributed by atoms with Gasteiger partial charge in [0.2, 0.25) is 0 Å². The number of hydrogen-bond donors (Lipinski definition) is 1. The Labute approximate surface area is 107 Å². The molecule has 1 saturated heterocycles. The molecule has 1 aliphatic carbocycles. The zero-order valence-corrected chi connectivity index (χ0v) is 11.6. The van der Waals surface area contributed by atoms with E-state index in [0.717, 1.165) is 12.1 Å². The van der Waals surface area contributed by atoms with Crippen molar-refractivity contribution in [1.29, 1.82) is 0 Å². The summed E-state index contributed by atoms with van der Waals surface area (Å²) in [6.07, 6.45) is 5.62. The summed E-state index contributed by atoms with van der Waals surface area (Å²) in [5.41, 5.74) is 0. The molecule has 3 heteroatoms. The van der Waals surface area contributed by atoms with Gasteiger partial charge in [0.05, 0.1) is 0 Å². The minimum Gasteiger partial charge on any atom is -0.312 e. The standard InChI is InChI=1S/C14H29N3/c1-3-16(4-2)10-11-17-9-5-6-14(17)12-15-13-7-8-13/h13-15H,3-12H2,1-2H3. The lowest BCUT2D eigenvalue weighted by Gasteiger charge is -2.28. The van der Waals surface area contributed by atoms with Crippen molar-refractivity contribution < 1.29 is 0 Å². The third-order valence-electron chi connectivity index (χ3n) is 4.32. The molecule has 1 N–H and O–H groups in total. The minimum absolute atomic E-state index is 0.811. The highest BCUT2D eigenvalue weighted by Gasteiger charge is 2.27. The number of likely N-dealkylation sites (N-methyl/N-ethyl adjacent to an activating group) is 1. The Kier molecular flexibility index (Phi) is 5.26. The van der Waals surface area contributed by atoms with Crippen molar-refractivity contribution in [2.24, 2.45) is 0 Å². The van der Waals surface area contributed by atoms with E-state index < -0.39 is 0 Å². The predicted molar refractivity (Wildman–Crippen MR) is 73.4 cm³/mol. The monoisotopic (exact) mass is 239 g/mol. The van der Waals surface area contributed by atoms with Crippen LogP contribution in [-0.4, -0.2) is 61.2 Å². The molecule has 1 heterocycles. The molecular formula is C14H29N3. The summed E-state index contributed by atoms with van der Waals surface area (Å²) in [5, 5.41) is 3.69. The molecule has 3 nitrogen and oxygen atoms in total. The van der Waals surface area contributed by atoms with Crippen molar-refractivity contribution in [1.82, 2.24) is 15.1 Å². The second kappa shape index (κ2) is 6.72. The fourth-order valence-corrected chi connectivity index (χ4v) is 2.82. The molecule has 0 radical (unpaired) electrons. The van der Waals surface area contributed by atoms with Gasteiger partial charge in [-0.05, 0) is 45.3 Å². The Bertz CT molecular complexity index is 212. The van der Waals surface area contributed by atoms with E-state index in [1.807, 2.05) is 0 Å². The van der Waals surface area contributed by atoms with Crippen LogP contribution in [-0.2, 0) is 0 Å². The van der Waals surface area contributed by atoms with Gasteiger partial charge in [0, 0.05) is 31.7 Å². The first-order valence-corrected chi connectivity index (χ1v) is 7.53. The quantitative estimate of drug-likeness (QED) is 0.693. The molecule has 17 heavy (non-hydrogen) atoms. The lowest BCUT2D eigenvalue weighted by molar-refractivity contribution is 0.199. The Hall–Kier alpha value is -0.120. The van der Waals surface area contributed by atoms with Gasteiger partial charge in [-0.3, -0.25) is 4.90 Å². The van der Waals surface area contributed by atoms with Gasteiger partial charge in [0.15, 0.2) is 0 Å². The Morgan fingerprint density at radius 1 is 1.18 bits per heavy atom. The molecular weight excluding hydrogens is 210 g/mol. The van der Waals surface area contributed by atoms with Gasteiger partial charge in [0.1, 0.15) is 0 Å². The number of nitrogens with zero attached hydrogens (tertiary/aromatic N) is 2. The van der Waals surface area contributed by atoms with E-state index in [9.17, 15) is 0 Å². The largest absolute Gasteiger partial charge is 0.312 e. The second-order valence-electron chi connectivity index (χ2n) is 5.54. The zero-order valence-electron chi connectivity index (χ0n) is 11.6. The highest BCUT2D eigenvalue weighted by molar-refractivity contribution is 4.87. The molecule has 0 amide bonds. The lowest BCUT2D eigenvalue weighted by Crippen LogP contribution is -2.42. The van der Waals surface area contributed by atoms with Crippen molar-refractivity contribution in [3.05, 3.63) is 0 Å². The van der Waals surface area contributed by atoms with E-state index in [2.05, 4.69) is 29.0 Å². The smallest absolute Gasteiger partial charge is 0.0221 e. The fourth-order valence-electron chi connectivity index (χ4n) is 2.82. The van der Waals surface area contributed by atoms with Crippen molar-refractivity contribution in [3.63, 3.8) is 0 Å². The van der Waals surface area contributed by atoms with E-state index >= 15 is 0 Å². The summed E-state index contributed by atoms with van der Waals surface area (Å²) < 4.78 is 0. The average molecular weight is 239 g/mol. The highest BCUT2D eigenvalue weighted by atomic mass is 15.2. The molecule has 2 aliphatic rings. The topological polar surface area (TPSA) is 18.5 Å². The summed E-state index contributed by atoms with van der Waals surface area (Å²) in [5.74, 6) is 0. The third-order valence-corrected chi connectivity index (χ3v) is 4.32. The van der Waals surface area contributed by atoms with Gasteiger partial charge in [-0.1, -0.05) is 13.8 Å². The number of likely N-dealkylation sites (tertiary alicyclic amines) is 1. The number of nitrogens with one attached hydrogen (secondary N) is 1. The molecule has 2 rings (SSSR count). The molecule has 0 bridgehead atoms. The first-order chi connectivity index (χ1) is 8.33. The lowest BCUT2D eigenvalue weighted by atomic mass is 10.2. The van der Waals surface area contributed by atoms with Gasteiger partial charge in [-0.15, -0.1) is 0 Å². The Balaban J connectivity index is 1.66. The first-order valence-electron chi connectivity index (χ1n) is 7.53. The summed E-state index contributed by atoms with van der Waals surface area (Å²) >= 11 is 0. The molecule has 0 aromatic rings. The van der Waals surface area contributed by atoms with E-state index in [0.29, 0.717) is 0 Å². The van der Waals surface area contributed by atoms with Crippen LogP contribution in [0.25, 0.3) is 0 Å². The number of hydrogen-bond acceptors (Lipinski definition) is 3. The van der Waals surface area contributed by atoms with Crippen LogP contribution in [0.2, 0.25) is 0 Å². The summed E-state index contributed by atoms with van der Waals surface area (Å²) in [6.45, 7) is 12.0. The molecule has 1 unspecified atom stereocenters. The molecule has 1 aliphatic heterocycles. The van der Waals surface area contributed by atoms with Crippen molar-refractivity contribution in [2.75, 3.05) is 39.3 Å². The van der Waals surface area contributed by atoms with Gasteiger partial charge in [-0.2, -0.15) is 0 Å².